The maximum Gasteiger partial charge on any atom is 0.0205 e. The number of hydrogen-bond donors (Lipinski definition) is 2. The number of hydrogen-bond acceptors (Lipinski definition) is 2. The van der Waals surface area contributed by atoms with Crippen LogP contribution in [0.5, 0.6) is 0 Å². The summed E-state index contributed by atoms with van der Waals surface area (Å²) in [7, 11) is 0. The van der Waals surface area contributed by atoms with Gasteiger partial charge in [0.05, 0.1) is 0 Å². The van der Waals surface area contributed by atoms with E-state index in [0.29, 0.717) is 5.41 Å². The van der Waals surface area contributed by atoms with E-state index in [1.165, 1.54) is 30.4 Å². The third kappa shape index (κ3) is 2.63. The van der Waals surface area contributed by atoms with Gasteiger partial charge >= 0.3 is 0 Å². The zero-order chi connectivity index (χ0) is 11.4. The minimum absolute atomic E-state index is 0.407. The molecule has 0 heterocycles. The van der Waals surface area contributed by atoms with Crippen LogP contribution in [0.1, 0.15) is 30.4 Å². The monoisotopic (exact) mass is 218 g/mol. The van der Waals surface area contributed by atoms with Gasteiger partial charge in [-0.2, -0.15) is 0 Å². The maximum absolute atomic E-state index is 5.83. The molecule has 0 atom stereocenters. The molecular formula is C14H22N2. The molecule has 1 aromatic carbocycles. The van der Waals surface area contributed by atoms with E-state index in [1.807, 2.05) is 0 Å². The summed E-state index contributed by atoms with van der Waals surface area (Å²) in [6.45, 7) is 4.99. The van der Waals surface area contributed by atoms with Gasteiger partial charge in [-0.1, -0.05) is 36.2 Å². The molecule has 16 heavy (non-hydrogen) atoms. The molecule has 3 N–H and O–H groups in total. The molecule has 1 aliphatic rings. The quantitative estimate of drug-likeness (QED) is 0.795. The topological polar surface area (TPSA) is 38.0 Å². The van der Waals surface area contributed by atoms with E-state index < -0.39 is 0 Å². The highest BCUT2D eigenvalue weighted by molar-refractivity contribution is 5.21. The first-order chi connectivity index (χ1) is 7.74. The Balaban J connectivity index is 1.79. The Morgan fingerprint density at radius 3 is 2.75 bits per heavy atom. The normalized spacial score (nSPS) is 18.1. The van der Waals surface area contributed by atoms with E-state index in [0.717, 1.165) is 19.6 Å². The zero-order valence-electron chi connectivity index (χ0n) is 10.1. The number of aryl methyl sites for hydroxylation is 1. The van der Waals surface area contributed by atoms with Gasteiger partial charge in [-0.15, -0.1) is 0 Å². The van der Waals surface area contributed by atoms with Gasteiger partial charge < -0.3 is 11.1 Å². The van der Waals surface area contributed by atoms with Gasteiger partial charge in [0.25, 0.3) is 0 Å². The van der Waals surface area contributed by atoms with Crippen molar-refractivity contribution in [3.05, 3.63) is 35.4 Å². The van der Waals surface area contributed by atoms with Crippen LogP contribution in [0.2, 0.25) is 0 Å². The molecule has 0 amide bonds. The van der Waals surface area contributed by atoms with Gasteiger partial charge in [0.1, 0.15) is 0 Å². The summed E-state index contributed by atoms with van der Waals surface area (Å²) in [6.07, 6.45) is 3.94. The van der Waals surface area contributed by atoms with Crippen molar-refractivity contribution >= 4 is 0 Å². The van der Waals surface area contributed by atoms with Crippen LogP contribution in [0.3, 0.4) is 0 Å². The van der Waals surface area contributed by atoms with Crippen molar-refractivity contribution in [2.45, 2.75) is 32.7 Å². The maximum atomic E-state index is 5.83. The summed E-state index contributed by atoms with van der Waals surface area (Å²) in [5.74, 6) is 0. The van der Waals surface area contributed by atoms with Crippen LogP contribution in [0, 0.1) is 12.3 Å². The Morgan fingerprint density at radius 1 is 1.38 bits per heavy atom. The first-order valence-corrected chi connectivity index (χ1v) is 6.20. The van der Waals surface area contributed by atoms with Gasteiger partial charge in [-0.25, -0.2) is 0 Å². The minimum Gasteiger partial charge on any atom is -0.330 e. The molecular weight excluding hydrogens is 196 g/mol. The zero-order valence-corrected chi connectivity index (χ0v) is 10.1. The van der Waals surface area contributed by atoms with Crippen LogP contribution < -0.4 is 11.1 Å². The van der Waals surface area contributed by atoms with Crippen LogP contribution in [0.15, 0.2) is 24.3 Å². The van der Waals surface area contributed by atoms with Crippen LogP contribution in [0.4, 0.5) is 0 Å². The molecule has 0 saturated heterocycles. The fourth-order valence-electron chi connectivity index (χ4n) is 2.42. The Morgan fingerprint density at radius 2 is 2.19 bits per heavy atom. The molecule has 1 aromatic rings. The number of benzene rings is 1. The lowest BCUT2D eigenvalue weighted by Gasteiger charge is -2.41. The molecule has 2 rings (SSSR count). The van der Waals surface area contributed by atoms with Gasteiger partial charge in [-0.05, 0) is 37.3 Å². The highest BCUT2D eigenvalue weighted by Crippen LogP contribution is 2.39. The summed E-state index contributed by atoms with van der Waals surface area (Å²) in [5.41, 5.74) is 8.94. The highest BCUT2D eigenvalue weighted by atomic mass is 14.9. The van der Waals surface area contributed by atoms with Gasteiger partial charge in [0, 0.05) is 13.1 Å². The summed E-state index contributed by atoms with van der Waals surface area (Å²) >= 11 is 0. The molecule has 88 valence electrons. The van der Waals surface area contributed by atoms with Crippen molar-refractivity contribution < 1.29 is 0 Å². The van der Waals surface area contributed by atoms with E-state index in [4.69, 9.17) is 5.73 Å². The molecule has 1 aliphatic carbocycles. The molecule has 0 aromatic heterocycles. The van der Waals surface area contributed by atoms with E-state index in [-0.39, 0.29) is 0 Å². The second-order valence-corrected chi connectivity index (χ2v) is 5.15. The van der Waals surface area contributed by atoms with Crippen LogP contribution >= 0.6 is 0 Å². The van der Waals surface area contributed by atoms with Crippen molar-refractivity contribution in [3.63, 3.8) is 0 Å². The summed E-state index contributed by atoms with van der Waals surface area (Å²) in [5, 5.41) is 3.54. The van der Waals surface area contributed by atoms with E-state index in [9.17, 15) is 0 Å². The number of nitrogens with one attached hydrogen (secondary N) is 1. The largest absolute Gasteiger partial charge is 0.330 e. The SMILES string of the molecule is Cc1cccc(CNCC2(CN)CCC2)c1. The second kappa shape index (κ2) is 4.98. The first-order valence-electron chi connectivity index (χ1n) is 6.20. The molecule has 0 radical (unpaired) electrons. The average Bonchev–Trinajstić information content (AvgIpc) is 2.22. The van der Waals surface area contributed by atoms with Crippen molar-refractivity contribution in [3.8, 4) is 0 Å². The molecule has 2 heteroatoms. The Hall–Kier alpha value is -0.860. The first kappa shape index (κ1) is 11.6. The third-order valence-electron chi connectivity index (χ3n) is 3.76. The van der Waals surface area contributed by atoms with Crippen molar-refractivity contribution in [2.75, 3.05) is 13.1 Å². The fourth-order valence-corrected chi connectivity index (χ4v) is 2.42. The number of nitrogens with two attached hydrogens (primary N) is 1. The van der Waals surface area contributed by atoms with Crippen molar-refractivity contribution in [1.29, 1.82) is 0 Å². The summed E-state index contributed by atoms with van der Waals surface area (Å²) in [4.78, 5) is 0. The molecule has 0 aliphatic heterocycles. The molecule has 2 nitrogen and oxygen atoms in total. The van der Waals surface area contributed by atoms with E-state index in [1.54, 1.807) is 0 Å². The van der Waals surface area contributed by atoms with Crippen molar-refractivity contribution in [1.82, 2.24) is 5.32 Å². The van der Waals surface area contributed by atoms with Gasteiger partial charge in [0.15, 0.2) is 0 Å². The van der Waals surface area contributed by atoms with Crippen LogP contribution in [-0.4, -0.2) is 13.1 Å². The Kier molecular flexibility index (Phi) is 3.62. The second-order valence-electron chi connectivity index (χ2n) is 5.15. The molecule has 1 saturated carbocycles. The average molecular weight is 218 g/mol. The van der Waals surface area contributed by atoms with Gasteiger partial charge in [0.2, 0.25) is 0 Å². The predicted molar refractivity (Wildman–Crippen MR) is 68.2 cm³/mol. The Labute approximate surface area is 98.2 Å². The lowest BCUT2D eigenvalue weighted by atomic mass is 9.69. The Bertz CT molecular complexity index is 337. The third-order valence-corrected chi connectivity index (χ3v) is 3.76. The minimum atomic E-state index is 0.407. The highest BCUT2D eigenvalue weighted by Gasteiger charge is 2.34. The smallest absolute Gasteiger partial charge is 0.0205 e. The standard InChI is InChI=1S/C14H22N2/c1-12-4-2-5-13(8-12)9-16-11-14(10-15)6-3-7-14/h2,4-5,8,16H,3,6-7,9-11,15H2,1H3. The van der Waals surface area contributed by atoms with Gasteiger partial charge in [-0.3, -0.25) is 0 Å². The van der Waals surface area contributed by atoms with Crippen LogP contribution in [-0.2, 0) is 6.54 Å². The number of rotatable bonds is 5. The van der Waals surface area contributed by atoms with E-state index in [2.05, 4.69) is 36.5 Å². The molecule has 0 unspecified atom stereocenters. The fraction of sp³-hybridized carbons (Fsp3) is 0.571. The summed E-state index contributed by atoms with van der Waals surface area (Å²) < 4.78 is 0. The lowest BCUT2D eigenvalue weighted by Crippen LogP contribution is -2.45. The molecule has 0 spiro atoms. The van der Waals surface area contributed by atoms with Crippen molar-refractivity contribution in [2.24, 2.45) is 11.1 Å². The molecule has 1 fully saturated rings. The summed E-state index contributed by atoms with van der Waals surface area (Å²) in [6, 6.07) is 8.67. The van der Waals surface area contributed by atoms with Crippen LogP contribution in [0.25, 0.3) is 0 Å². The molecule has 0 bridgehead atoms. The predicted octanol–water partition coefficient (Wildman–Crippen LogP) is 2.21. The lowest BCUT2D eigenvalue weighted by molar-refractivity contribution is 0.141. The van der Waals surface area contributed by atoms with E-state index >= 15 is 0 Å².